The Morgan fingerprint density at radius 2 is 2.13 bits per heavy atom. The van der Waals surface area contributed by atoms with Gasteiger partial charge in [0.2, 0.25) is 0 Å². The van der Waals surface area contributed by atoms with E-state index in [1.165, 1.54) is 26.2 Å². The smallest absolute Gasteiger partial charge is 0.330 e. The summed E-state index contributed by atoms with van der Waals surface area (Å²) >= 11 is 0. The van der Waals surface area contributed by atoms with Crippen molar-refractivity contribution in [3.8, 4) is 0 Å². The Bertz CT molecular complexity index is 412. The zero-order chi connectivity index (χ0) is 11.4. The third kappa shape index (κ3) is 2.80. The largest absolute Gasteiger partial charge is 0.466 e. The number of carbonyl (C=O) groups excluding carboxylic acids is 2. The normalized spacial score (nSPS) is 10.6. The van der Waals surface area contributed by atoms with Gasteiger partial charge in [0.05, 0.1) is 12.7 Å². The molecule has 0 aromatic carbocycles. The van der Waals surface area contributed by atoms with E-state index in [0.717, 1.165) is 0 Å². The highest BCUT2D eigenvalue weighted by molar-refractivity contribution is 5.95. The molecule has 1 rings (SSSR count). The molecule has 1 heterocycles. The molecule has 0 N–H and O–H groups in total. The number of carbonyl (C=O) groups is 2. The number of ketones is 1. The quantitative estimate of drug-likeness (QED) is 0.433. The molecule has 0 spiro atoms. The van der Waals surface area contributed by atoms with Gasteiger partial charge in [-0.1, -0.05) is 0 Å². The van der Waals surface area contributed by atoms with Gasteiger partial charge in [0.15, 0.2) is 5.78 Å². The van der Waals surface area contributed by atoms with Crippen molar-refractivity contribution in [1.82, 2.24) is 0 Å². The molecule has 0 radical (unpaired) electrons. The van der Waals surface area contributed by atoms with E-state index in [9.17, 15) is 9.59 Å². The average Bonchev–Trinajstić information content (AvgIpc) is 2.56. The predicted molar refractivity (Wildman–Crippen MR) is 54.5 cm³/mol. The number of esters is 1. The second-order valence-corrected chi connectivity index (χ2v) is 3.03. The summed E-state index contributed by atoms with van der Waals surface area (Å²) in [5.74, 6) is 0.484. The van der Waals surface area contributed by atoms with Crippen LogP contribution in [0, 0.1) is 6.92 Å². The first-order chi connectivity index (χ1) is 7.04. The minimum absolute atomic E-state index is 0.0611. The Labute approximate surface area is 87.5 Å². The van der Waals surface area contributed by atoms with Gasteiger partial charge < -0.3 is 9.15 Å². The van der Waals surface area contributed by atoms with Crippen LogP contribution >= 0.6 is 0 Å². The van der Waals surface area contributed by atoms with Crippen LogP contribution in [0.15, 0.2) is 16.6 Å². The van der Waals surface area contributed by atoms with E-state index < -0.39 is 5.97 Å². The lowest BCUT2D eigenvalue weighted by Crippen LogP contribution is -1.92. The van der Waals surface area contributed by atoms with Gasteiger partial charge in [0, 0.05) is 6.08 Å². The maximum absolute atomic E-state index is 11.1. The molecule has 0 fully saturated rings. The fourth-order valence-corrected chi connectivity index (χ4v) is 1.15. The first-order valence-electron chi connectivity index (χ1n) is 4.42. The van der Waals surface area contributed by atoms with Gasteiger partial charge in [0.25, 0.3) is 0 Å². The van der Waals surface area contributed by atoms with Crippen molar-refractivity contribution in [3.63, 3.8) is 0 Å². The molecule has 0 aliphatic rings. The second kappa shape index (κ2) is 4.59. The standard InChI is InChI=1S/C11H12O4/c1-7(12)10-6-9(15-8(10)2)4-5-11(13)14-3/h4-6H,1-3H3/b5-4-. The van der Waals surface area contributed by atoms with Crippen molar-refractivity contribution in [1.29, 1.82) is 0 Å². The van der Waals surface area contributed by atoms with E-state index in [-0.39, 0.29) is 5.78 Å². The summed E-state index contributed by atoms with van der Waals surface area (Å²) in [5.41, 5.74) is 0.527. The molecular weight excluding hydrogens is 196 g/mol. The summed E-state index contributed by atoms with van der Waals surface area (Å²) in [6, 6.07) is 1.59. The van der Waals surface area contributed by atoms with Gasteiger partial charge in [-0.25, -0.2) is 4.79 Å². The van der Waals surface area contributed by atoms with Crippen molar-refractivity contribution in [2.75, 3.05) is 7.11 Å². The molecule has 4 nitrogen and oxygen atoms in total. The summed E-state index contributed by atoms with van der Waals surface area (Å²) in [4.78, 5) is 21.9. The second-order valence-electron chi connectivity index (χ2n) is 3.03. The van der Waals surface area contributed by atoms with Crippen molar-refractivity contribution >= 4 is 17.8 Å². The van der Waals surface area contributed by atoms with E-state index in [1.54, 1.807) is 13.0 Å². The monoisotopic (exact) mass is 208 g/mol. The van der Waals surface area contributed by atoms with Gasteiger partial charge in [0.1, 0.15) is 11.5 Å². The molecular formula is C11H12O4. The predicted octanol–water partition coefficient (Wildman–Crippen LogP) is 1.98. The molecule has 0 aliphatic heterocycles. The lowest BCUT2D eigenvalue weighted by atomic mass is 10.2. The van der Waals surface area contributed by atoms with Crippen LogP contribution in [0.1, 0.15) is 28.8 Å². The molecule has 0 unspecified atom stereocenters. The Morgan fingerprint density at radius 3 is 2.60 bits per heavy atom. The Morgan fingerprint density at radius 1 is 1.47 bits per heavy atom. The summed E-state index contributed by atoms with van der Waals surface area (Å²) in [6.07, 6.45) is 2.70. The fraction of sp³-hybridized carbons (Fsp3) is 0.273. The van der Waals surface area contributed by atoms with E-state index in [4.69, 9.17) is 4.42 Å². The highest BCUT2D eigenvalue weighted by Gasteiger charge is 2.09. The fourth-order valence-electron chi connectivity index (χ4n) is 1.15. The summed E-state index contributed by atoms with van der Waals surface area (Å²) in [5, 5.41) is 0. The van der Waals surface area contributed by atoms with E-state index in [1.807, 2.05) is 0 Å². The minimum Gasteiger partial charge on any atom is -0.466 e. The van der Waals surface area contributed by atoms with Crippen LogP contribution in [0.2, 0.25) is 0 Å². The van der Waals surface area contributed by atoms with Crippen molar-refractivity contribution in [2.24, 2.45) is 0 Å². The molecule has 0 aliphatic carbocycles. The number of rotatable bonds is 3. The van der Waals surface area contributed by atoms with Gasteiger partial charge in [-0.2, -0.15) is 0 Å². The molecule has 0 saturated heterocycles. The van der Waals surface area contributed by atoms with Crippen molar-refractivity contribution in [2.45, 2.75) is 13.8 Å². The first kappa shape index (κ1) is 11.2. The third-order valence-corrected chi connectivity index (χ3v) is 1.90. The lowest BCUT2D eigenvalue weighted by Gasteiger charge is -1.88. The molecule has 4 heteroatoms. The molecule has 0 saturated carbocycles. The summed E-state index contributed by atoms with van der Waals surface area (Å²) in [7, 11) is 1.29. The molecule has 0 atom stereocenters. The average molecular weight is 208 g/mol. The number of hydrogen-bond donors (Lipinski definition) is 0. The van der Waals surface area contributed by atoms with Gasteiger partial charge >= 0.3 is 5.97 Å². The molecule has 80 valence electrons. The summed E-state index contributed by atoms with van der Waals surface area (Å²) < 4.78 is 9.68. The lowest BCUT2D eigenvalue weighted by molar-refractivity contribution is -0.134. The number of methoxy groups -OCH3 is 1. The molecule has 1 aromatic heterocycles. The SMILES string of the molecule is COC(=O)/C=C\c1cc(C(C)=O)c(C)o1. The van der Waals surface area contributed by atoms with Crippen molar-refractivity contribution in [3.05, 3.63) is 29.2 Å². The summed E-state index contributed by atoms with van der Waals surface area (Å²) in [6.45, 7) is 3.16. The number of aryl methyl sites for hydroxylation is 1. The highest BCUT2D eigenvalue weighted by atomic mass is 16.5. The number of Topliss-reactive ketones (excluding diaryl/α,β-unsaturated/α-hetero) is 1. The third-order valence-electron chi connectivity index (χ3n) is 1.90. The molecule has 0 bridgehead atoms. The van der Waals surface area contributed by atoms with Crippen LogP contribution in [0.4, 0.5) is 0 Å². The highest BCUT2D eigenvalue weighted by Crippen LogP contribution is 2.16. The van der Waals surface area contributed by atoms with Crippen LogP contribution in [0.3, 0.4) is 0 Å². The van der Waals surface area contributed by atoms with Gasteiger partial charge in [-0.15, -0.1) is 0 Å². The van der Waals surface area contributed by atoms with Crippen LogP contribution in [0.25, 0.3) is 6.08 Å². The molecule has 1 aromatic rings. The van der Waals surface area contributed by atoms with Crippen molar-refractivity contribution < 1.29 is 18.7 Å². The number of furan rings is 1. The Kier molecular flexibility index (Phi) is 3.44. The van der Waals surface area contributed by atoms with Crippen LogP contribution in [0.5, 0.6) is 0 Å². The van der Waals surface area contributed by atoms with E-state index >= 15 is 0 Å². The number of hydrogen-bond acceptors (Lipinski definition) is 4. The topological polar surface area (TPSA) is 56.5 Å². The molecule has 15 heavy (non-hydrogen) atoms. The van der Waals surface area contributed by atoms with E-state index in [2.05, 4.69) is 4.74 Å². The van der Waals surface area contributed by atoms with Crippen LogP contribution < -0.4 is 0 Å². The minimum atomic E-state index is -0.464. The van der Waals surface area contributed by atoms with Crippen LogP contribution in [-0.2, 0) is 9.53 Å². The van der Waals surface area contributed by atoms with Gasteiger partial charge in [-0.05, 0) is 26.0 Å². The first-order valence-corrected chi connectivity index (χ1v) is 4.42. The Hall–Kier alpha value is -1.84. The maximum atomic E-state index is 11.1. The Balaban J connectivity index is 2.89. The molecule has 0 amide bonds. The zero-order valence-corrected chi connectivity index (χ0v) is 8.87. The maximum Gasteiger partial charge on any atom is 0.330 e. The number of ether oxygens (including phenoxy) is 1. The van der Waals surface area contributed by atoms with Gasteiger partial charge in [-0.3, -0.25) is 4.79 Å². The van der Waals surface area contributed by atoms with Crippen LogP contribution in [-0.4, -0.2) is 18.9 Å². The van der Waals surface area contributed by atoms with E-state index in [0.29, 0.717) is 17.1 Å². The zero-order valence-electron chi connectivity index (χ0n) is 8.87.